The summed E-state index contributed by atoms with van der Waals surface area (Å²) in [7, 11) is -0.532. The molecular formula is C23H23FN2O6S. The zero-order valence-electron chi connectivity index (χ0n) is 18.3. The van der Waals surface area contributed by atoms with Gasteiger partial charge in [-0.05, 0) is 49.1 Å². The summed E-state index contributed by atoms with van der Waals surface area (Å²) in [6.45, 7) is 1.72. The fraction of sp³-hybridized carbons (Fsp3) is 0.304. The minimum absolute atomic E-state index is 0.0771. The van der Waals surface area contributed by atoms with Crippen LogP contribution in [0.4, 0.5) is 14.9 Å². The maximum absolute atomic E-state index is 15.1. The van der Waals surface area contributed by atoms with E-state index in [0.717, 1.165) is 0 Å². The normalized spacial score (nSPS) is 13.7. The van der Waals surface area contributed by atoms with E-state index >= 15 is 4.39 Å². The number of carbonyl (C=O) groups is 1. The molecule has 1 aliphatic rings. The summed E-state index contributed by atoms with van der Waals surface area (Å²) in [5, 5.41) is 0.123. The number of anilines is 1. The Hall–Kier alpha value is -3.40. The van der Waals surface area contributed by atoms with Crippen LogP contribution in [0.2, 0.25) is 0 Å². The molecule has 10 heteroatoms. The first-order valence-electron chi connectivity index (χ1n) is 10.3. The molecule has 33 heavy (non-hydrogen) atoms. The van der Waals surface area contributed by atoms with E-state index in [1.54, 1.807) is 33.2 Å². The highest BCUT2D eigenvalue weighted by atomic mass is 32.2. The molecule has 174 valence electrons. The molecule has 0 atom stereocenters. The Morgan fingerprint density at radius 3 is 2.64 bits per heavy atom. The van der Waals surface area contributed by atoms with Crippen LogP contribution >= 0.6 is 0 Å². The van der Waals surface area contributed by atoms with E-state index in [9.17, 15) is 18.0 Å². The van der Waals surface area contributed by atoms with Gasteiger partial charge in [-0.2, -0.15) is 0 Å². The quantitative estimate of drug-likeness (QED) is 0.545. The molecule has 4 rings (SSSR count). The molecular weight excluding hydrogens is 451 g/mol. The van der Waals surface area contributed by atoms with Crippen molar-refractivity contribution in [2.75, 3.05) is 18.8 Å². The number of sulfonamides is 1. The van der Waals surface area contributed by atoms with Gasteiger partial charge >= 0.3 is 11.7 Å². The molecule has 0 bridgehead atoms. The smallest absolute Gasteiger partial charge is 0.414 e. The number of aryl methyl sites for hydroxylation is 1. The van der Waals surface area contributed by atoms with Gasteiger partial charge in [-0.15, -0.1) is 0 Å². The Bertz CT molecular complexity index is 1410. The molecule has 0 aliphatic heterocycles. The Kier molecular flexibility index (Phi) is 5.87. The van der Waals surface area contributed by atoms with Crippen molar-refractivity contribution in [2.24, 2.45) is 0 Å². The number of carbonyl (C=O) groups excluding carboxylic acids is 1. The number of rotatable bonds is 6. The number of halogens is 1. The van der Waals surface area contributed by atoms with E-state index in [-0.39, 0.29) is 34.6 Å². The van der Waals surface area contributed by atoms with Crippen LogP contribution in [0, 0.1) is 12.7 Å². The third-order valence-electron chi connectivity index (χ3n) is 5.49. The van der Waals surface area contributed by atoms with Gasteiger partial charge in [0.2, 0.25) is 10.0 Å². The molecule has 1 fully saturated rings. The van der Waals surface area contributed by atoms with Crippen LogP contribution in [0.5, 0.6) is 5.75 Å². The van der Waals surface area contributed by atoms with Gasteiger partial charge in [-0.25, -0.2) is 22.4 Å². The molecule has 1 aromatic heterocycles. The highest BCUT2D eigenvalue weighted by Crippen LogP contribution is 2.31. The predicted molar refractivity (Wildman–Crippen MR) is 122 cm³/mol. The van der Waals surface area contributed by atoms with Crippen LogP contribution in [0.3, 0.4) is 0 Å². The van der Waals surface area contributed by atoms with Crippen molar-refractivity contribution in [3.63, 3.8) is 0 Å². The largest absolute Gasteiger partial charge is 0.422 e. The first kappa shape index (κ1) is 22.8. The minimum atomic E-state index is -3.62. The maximum atomic E-state index is 15.1. The van der Waals surface area contributed by atoms with Crippen molar-refractivity contribution in [2.45, 2.75) is 31.4 Å². The summed E-state index contributed by atoms with van der Waals surface area (Å²) < 4.78 is 52.4. The van der Waals surface area contributed by atoms with Crippen LogP contribution in [0.15, 0.2) is 45.6 Å². The minimum Gasteiger partial charge on any atom is -0.422 e. The molecule has 1 N–H and O–H groups in total. The number of nitrogens with one attached hydrogen (secondary N) is 1. The summed E-state index contributed by atoms with van der Waals surface area (Å²) in [6.07, 6.45) is 0.470. The van der Waals surface area contributed by atoms with Crippen LogP contribution in [-0.4, -0.2) is 38.8 Å². The summed E-state index contributed by atoms with van der Waals surface area (Å²) >= 11 is 0. The lowest BCUT2D eigenvalue weighted by molar-refractivity contribution is 0.172. The third kappa shape index (κ3) is 4.70. The Balaban J connectivity index is 1.66. The molecule has 1 amide bonds. The molecule has 2 aromatic carbocycles. The monoisotopic (exact) mass is 474 g/mol. The molecule has 0 radical (unpaired) electrons. The van der Waals surface area contributed by atoms with Gasteiger partial charge in [-0.1, -0.05) is 12.1 Å². The Labute approximate surface area is 190 Å². The van der Waals surface area contributed by atoms with Crippen molar-refractivity contribution in [3.05, 3.63) is 69.3 Å². The van der Waals surface area contributed by atoms with E-state index in [0.29, 0.717) is 23.8 Å². The molecule has 0 saturated heterocycles. The number of benzene rings is 2. The first-order valence-corrected chi connectivity index (χ1v) is 11.9. The fourth-order valence-electron chi connectivity index (χ4n) is 3.43. The highest BCUT2D eigenvalue weighted by molar-refractivity contribution is 7.93. The molecule has 0 unspecified atom stereocenters. The van der Waals surface area contributed by atoms with Crippen LogP contribution in [0.25, 0.3) is 11.0 Å². The lowest BCUT2D eigenvalue weighted by Gasteiger charge is -2.13. The van der Waals surface area contributed by atoms with Crippen LogP contribution in [-0.2, 0) is 16.4 Å². The van der Waals surface area contributed by atoms with Crippen molar-refractivity contribution in [3.8, 4) is 5.75 Å². The topological polar surface area (TPSA) is 106 Å². The second kappa shape index (κ2) is 8.51. The SMILES string of the molecule is Cc1c(Cc2cccc(NS(=O)(=O)C3CC3)c2F)c(=O)oc2cc(OC(=O)N(C)C)ccc12. The van der Waals surface area contributed by atoms with Crippen molar-refractivity contribution < 1.29 is 26.8 Å². The van der Waals surface area contributed by atoms with Crippen LogP contribution < -0.4 is 15.1 Å². The summed E-state index contributed by atoms with van der Waals surface area (Å²) in [4.78, 5) is 25.7. The number of hydrogen-bond donors (Lipinski definition) is 1. The zero-order valence-corrected chi connectivity index (χ0v) is 19.2. The molecule has 1 aliphatic carbocycles. The van der Waals surface area contributed by atoms with Crippen molar-refractivity contribution in [1.82, 2.24) is 4.90 Å². The van der Waals surface area contributed by atoms with E-state index in [4.69, 9.17) is 9.15 Å². The third-order valence-corrected chi connectivity index (χ3v) is 7.34. The van der Waals surface area contributed by atoms with Crippen molar-refractivity contribution >= 4 is 32.8 Å². The molecule has 1 heterocycles. The van der Waals surface area contributed by atoms with E-state index in [1.807, 2.05) is 0 Å². The second-order valence-electron chi connectivity index (χ2n) is 8.22. The van der Waals surface area contributed by atoms with E-state index in [2.05, 4.69) is 4.72 Å². The number of ether oxygens (including phenoxy) is 1. The highest BCUT2D eigenvalue weighted by Gasteiger charge is 2.36. The lowest BCUT2D eigenvalue weighted by atomic mass is 9.99. The Morgan fingerprint density at radius 1 is 1.24 bits per heavy atom. The molecule has 0 spiro atoms. The average Bonchev–Trinajstić information content (AvgIpc) is 3.59. The summed E-state index contributed by atoms with van der Waals surface area (Å²) in [5.74, 6) is -0.509. The molecule has 1 saturated carbocycles. The number of amides is 1. The number of hydrogen-bond acceptors (Lipinski definition) is 6. The van der Waals surface area contributed by atoms with Gasteiger partial charge in [0, 0.05) is 37.5 Å². The maximum Gasteiger partial charge on any atom is 0.414 e. The average molecular weight is 475 g/mol. The predicted octanol–water partition coefficient (Wildman–Crippen LogP) is 3.80. The Morgan fingerprint density at radius 2 is 1.97 bits per heavy atom. The summed E-state index contributed by atoms with van der Waals surface area (Å²) in [5.41, 5.74) is 0.444. The van der Waals surface area contributed by atoms with Crippen LogP contribution in [0.1, 0.15) is 29.5 Å². The number of nitrogens with zero attached hydrogens (tertiary/aromatic N) is 1. The summed E-state index contributed by atoms with van der Waals surface area (Å²) in [6, 6.07) is 9.07. The van der Waals surface area contributed by atoms with Gasteiger partial charge in [0.1, 0.15) is 11.3 Å². The second-order valence-corrected chi connectivity index (χ2v) is 10.2. The van der Waals surface area contributed by atoms with Gasteiger partial charge in [-0.3, -0.25) is 4.72 Å². The van der Waals surface area contributed by atoms with E-state index in [1.165, 1.54) is 29.2 Å². The first-order chi connectivity index (χ1) is 15.6. The standard InChI is InChI=1S/C23H23FN2O6S/c1-13-17-10-7-15(31-23(28)26(2)3)12-20(17)32-22(27)18(13)11-14-5-4-6-19(21(14)24)25-33(29,30)16-8-9-16/h4-7,10,12,16,25H,8-9,11H2,1-3H3. The van der Waals surface area contributed by atoms with E-state index < -0.39 is 32.8 Å². The lowest BCUT2D eigenvalue weighted by Crippen LogP contribution is -2.25. The zero-order chi connectivity index (χ0) is 23.9. The van der Waals surface area contributed by atoms with Gasteiger partial charge in [0.25, 0.3) is 0 Å². The van der Waals surface area contributed by atoms with Gasteiger partial charge in [0.15, 0.2) is 5.82 Å². The van der Waals surface area contributed by atoms with Crippen molar-refractivity contribution in [1.29, 1.82) is 0 Å². The number of fused-ring (bicyclic) bond motifs is 1. The van der Waals surface area contributed by atoms with Gasteiger partial charge in [0.05, 0.1) is 10.9 Å². The fourth-order valence-corrected chi connectivity index (χ4v) is 4.82. The molecule has 3 aromatic rings. The molecule has 8 nitrogen and oxygen atoms in total. The van der Waals surface area contributed by atoms with Gasteiger partial charge < -0.3 is 14.1 Å².